The number of hydrogen-bond acceptors (Lipinski definition) is 8. The average Bonchev–Trinajstić information content (AvgIpc) is 3.17. The summed E-state index contributed by atoms with van der Waals surface area (Å²) >= 11 is 0. The second kappa shape index (κ2) is 11.4. The van der Waals surface area contributed by atoms with Crippen molar-refractivity contribution in [3.63, 3.8) is 0 Å². The zero-order chi connectivity index (χ0) is 27.1. The summed E-state index contributed by atoms with van der Waals surface area (Å²) < 4.78 is 22.6. The number of primary amides is 1. The van der Waals surface area contributed by atoms with Crippen LogP contribution >= 0.6 is 0 Å². The molecule has 1 aliphatic rings. The van der Waals surface area contributed by atoms with Gasteiger partial charge < -0.3 is 30.0 Å². The molecule has 0 saturated carbocycles. The van der Waals surface area contributed by atoms with Crippen LogP contribution in [0.15, 0.2) is 103 Å². The van der Waals surface area contributed by atoms with Crippen LogP contribution in [0.2, 0.25) is 0 Å². The van der Waals surface area contributed by atoms with Gasteiger partial charge in [-0.05, 0) is 43.3 Å². The first-order valence-corrected chi connectivity index (χ1v) is 11.5. The Balaban J connectivity index is 1.69. The lowest BCUT2D eigenvalue weighted by Gasteiger charge is -2.27. The number of carbonyl (C=O) groups is 4. The third-order valence-corrected chi connectivity index (χ3v) is 5.48. The fourth-order valence-corrected chi connectivity index (χ4v) is 3.73. The van der Waals surface area contributed by atoms with Gasteiger partial charge in [0.05, 0.1) is 16.7 Å². The van der Waals surface area contributed by atoms with Crippen LogP contribution in [0.3, 0.4) is 0 Å². The van der Waals surface area contributed by atoms with Crippen molar-refractivity contribution in [2.24, 2.45) is 5.73 Å². The molecule has 0 aliphatic carbocycles. The molecule has 2 atom stereocenters. The van der Waals surface area contributed by atoms with Gasteiger partial charge in [0, 0.05) is 0 Å². The Hall–Kier alpha value is -4.96. The molecule has 3 aromatic carbocycles. The van der Waals surface area contributed by atoms with Crippen LogP contribution in [0.1, 0.15) is 38.0 Å². The molecule has 4 rings (SSSR count). The number of amides is 2. The quantitative estimate of drug-likeness (QED) is 0.342. The van der Waals surface area contributed by atoms with Crippen molar-refractivity contribution in [2.45, 2.75) is 18.8 Å². The summed E-state index contributed by atoms with van der Waals surface area (Å²) in [5, 5.41) is 2.37. The van der Waals surface area contributed by atoms with Crippen molar-refractivity contribution < 1.29 is 38.1 Å². The van der Waals surface area contributed by atoms with Crippen molar-refractivity contribution in [1.29, 1.82) is 0 Å². The topological polar surface area (TPSA) is 143 Å². The fourth-order valence-electron chi connectivity index (χ4n) is 3.73. The van der Waals surface area contributed by atoms with Gasteiger partial charge in [-0.3, -0.25) is 0 Å². The van der Waals surface area contributed by atoms with Crippen LogP contribution in [0, 0.1) is 0 Å². The minimum atomic E-state index is -1.84. The lowest BCUT2D eigenvalue weighted by molar-refractivity contribution is -0.0767. The molecule has 0 fully saturated rings. The molecule has 1 unspecified atom stereocenters. The van der Waals surface area contributed by atoms with E-state index < -0.39 is 42.4 Å². The zero-order valence-corrected chi connectivity index (χ0v) is 20.3. The van der Waals surface area contributed by atoms with Crippen molar-refractivity contribution >= 4 is 23.9 Å². The molecule has 0 aromatic heterocycles. The van der Waals surface area contributed by atoms with E-state index in [4.69, 9.17) is 24.7 Å². The Bertz CT molecular complexity index is 1360. The summed E-state index contributed by atoms with van der Waals surface area (Å²) in [6, 6.07) is 23.3. The first-order chi connectivity index (χ1) is 18.3. The maximum atomic E-state index is 13.0. The van der Waals surface area contributed by atoms with Crippen LogP contribution in [-0.2, 0) is 18.9 Å². The van der Waals surface area contributed by atoms with Crippen molar-refractivity contribution in [3.05, 3.63) is 119 Å². The molecule has 0 saturated heterocycles. The van der Waals surface area contributed by atoms with E-state index in [9.17, 15) is 19.2 Å². The lowest BCUT2D eigenvalue weighted by atomic mass is 10.1. The Morgan fingerprint density at radius 2 is 1.21 bits per heavy atom. The third-order valence-electron chi connectivity index (χ3n) is 5.48. The Kier molecular flexibility index (Phi) is 7.83. The van der Waals surface area contributed by atoms with E-state index in [1.807, 2.05) is 0 Å². The monoisotopic (exact) mass is 516 g/mol. The smallest absolute Gasteiger partial charge is 0.343 e. The van der Waals surface area contributed by atoms with E-state index >= 15 is 0 Å². The molecule has 38 heavy (non-hydrogen) atoms. The Morgan fingerprint density at radius 1 is 0.763 bits per heavy atom. The van der Waals surface area contributed by atoms with Gasteiger partial charge in [0.15, 0.2) is 11.9 Å². The number of esters is 3. The van der Waals surface area contributed by atoms with Gasteiger partial charge in [-0.1, -0.05) is 54.6 Å². The molecular weight excluding hydrogens is 492 g/mol. The van der Waals surface area contributed by atoms with Crippen molar-refractivity contribution in [2.75, 3.05) is 6.61 Å². The van der Waals surface area contributed by atoms with E-state index in [1.165, 1.54) is 31.2 Å². The summed E-state index contributed by atoms with van der Waals surface area (Å²) in [7, 11) is 0. The molecule has 1 heterocycles. The number of urea groups is 1. The van der Waals surface area contributed by atoms with Gasteiger partial charge in [0.2, 0.25) is 11.5 Å². The number of carbonyl (C=O) groups excluding carboxylic acids is 4. The van der Waals surface area contributed by atoms with Gasteiger partial charge in [0.25, 0.3) is 0 Å². The minimum absolute atomic E-state index is 0.189. The SMILES string of the molecule is CC1(NC(N)=O)O[C@H](COC(=O)c2ccccc2)C(OC(=O)c2ccccc2)=C1OC(=O)c1ccccc1. The molecule has 10 nitrogen and oxygen atoms in total. The second-order valence-corrected chi connectivity index (χ2v) is 8.30. The molecule has 0 radical (unpaired) electrons. The number of hydrogen-bond donors (Lipinski definition) is 2. The molecule has 10 heteroatoms. The zero-order valence-electron chi connectivity index (χ0n) is 20.3. The minimum Gasteiger partial charge on any atom is -0.459 e. The highest BCUT2D eigenvalue weighted by Gasteiger charge is 2.50. The molecule has 3 aromatic rings. The standard InChI is InChI=1S/C28H24N2O8/c1-28(30-27(29)34)23(37-26(33)20-15-9-4-10-16-20)22(36-25(32)19-13-7-3-8-14-19)21(38-28)17-35-24(31)18-11-5-2-6-12-18/h2-16,21H,17H2,1H3,(H3,29,30,34)/t21-,28?/m1/s1. The number of ether oxygens (including phenoxy) is 4. The fraction of sp³-hybridized carbons (Fsp3) is 0.143. The Labute approximate surface area is 217 Å². The van der Waals surface area contributed by atoms with E-state index in [0.29, 0.717) is 0 Å². The van der Waals surface area contributed by atoms with Crippen molar-refractivity contribution in [3.8, 4) is 0 Å². The Morgan fingerprint density at radius 3 is 1.68 bits per heavy atom. The summed E-state index contributed by atoms with van der Waals surface area (Å²) in [5.74, 6) is -2.85. The molecule has 0 spiro atoms. The number of nitrogens with two attached hydrogens (primary N) is 1. The third kappa shape index (κ3) is 6.05. The molecular formula is C28H24N2O8. The maximum Gasteiger partial charge on any atom is 0.343 e. The summed E-state index contributed by atoms with van der Waals surface area (Å²) in [4.78, 5) is 50.3. The maximum absolute atomic E-state index is 13.0. The van der Waals surface area contributed by atoms with Gasteiger partial charge in [0.1, 0.15) is 6.61 Å². The molecule has 2 amide bonds. The molecule has 0 bridgehead atoms. The molecule has 3 N–H and O–H groups in total. The predicted molar refractivity (Wildman–Crippen MR) is 133 cm³/mol. The predicted octanol–water partition coefficient (Wildman–Crippen LogP) is 3.55. The number of rotatable bonds is 8. The van der Waals surface area contributed by atoms with Crippen LogP contribution in [0.25, 0.3) is 0 Å². The summed E-state index contributed by atoms with van der Waals surface area (Å²) in [6.07, 6.45) is -1.24. The summed E-state index contributed by atoms with van der Waals surface area (Å²) in [6.45, 7) is 0.925. The van der Waals surface area contributed by atoms with Crippen LogP contribution in [-0.4, -0.2) is 42.4 Å². The van der Waals surface area contributed by atoms with E-state index in [0.717, 1.165) is 0 Å². The molecule has 1 aliphatic heterocycles. The highest BCUT2D eigenvalue weighted by Crippen LogP contribution is 2.37. The second-order valence-electron chi connectivity index (χ2n) is 8.30. The van der Waals surface area contributed by atoms with Crippen molar-refractivity contribution in [1.82, 2.24) is 5.32 Å². The number of benzene rings is 3. The first-order valence-electron chi connectivity index (χ1n) is 11.5. The van der Waals surface area contributed by atoms with E-state index in [1.54, 1.807) is 66.7 Å². The van der Waals surface area contributed by atoms with Crippen LogP contribution in [0.5, 0.6) is 0 Å². The normalized spacial score (nSPS) is 18.4. The number of nitrogens with one attached hydrogen (secondary N) is 1. The highest BCUT2D eigenvalue weighted by atomic mass is 16.6. The van der Waals surface area contributed by atoms with Crippen LogP contribution in [0.4, 0.5) is 4.79 Å². The average molecular weight is 517 g/mol. The lowest BCUT2D eigenvalue weighted by Crippen LogP contribution is -2.51. The van der Waals surface area contributed by atoms with Gasteiger partial charge in [-0.25, -0.2) is 19.2 Å². The first kappa shape index (κ1) is 26.1. The molecule has 194 valence electrons. The van der Waals surface area contributed by atoms with E-state index in [2.05, 4.69) is 5.32 Å². The van der Waals surface area contributed by atoms with Gasteiger partial charge in [-0.15, -0.1) is 0 Å². The highest BCUT2D eigenvalue weighted by molar-refractivity contribution is 5.92. The van der Waals surface area contributed by atoms with Crippen LogP contribution < -0.4 is 11.1 Å². The van der Waals surface area contributed by atoms with Gasteiger partial charge >= 0.3 is 23.9 Å². The van der Waals surface area contributed by atoms with Gasteiger partial charge in [-0.2, -0.15) is 0 Å². The largest absolute Gasteiger partial charge is 0.459 e. The summed E-state index contributed by atoms with van der Waals surface area (Å²) in [5.41, 5.74) is 4.19. The van der Waals surface area contributed by atoms with E-state index in [-0.39, 0.29) is 28.2 Å².